The van der Waals surface area contributed by atoms with Crippen LogP contribution in [-0.4, -0.2) is 36.6 Å². The number of ether oxygens (including phenoxy) is 1. The zero-order chi connectivity index (χ0) is 20.8. The van der Waals surface area contributed by atoms with E-state index in [1.807, 2.05) is 5.38 Å². The van der Waals surface area contributed by atoms with Crippen molar-refractivity contribution >= 4 is 16.5 Å². The number of rotatable bonds is 8. The van der Waals surface area contributed by atoms with Gasteiger partial charge in [-0.25, -0.2) is 4.98 Å². The van der Waals surface area contributed by atoms with E-state index in [0.29, 0.717) is 11.0 Å². The van der Waals surface area contributed by atoms with E-state index < -0.39 is 0 Å². The van der Waals surface area contributed by atoms with Crippen LogP contribution in [0.15, 0.2) is 53.9 Å². The Morgan fingerprint density at radius 3 is 2.53 bits per heavy atom. The largest absolute Gasteiger partial charge is 0.496 e. The first-order valence-corrected chi connectivity index (χ1v) is 11.8. The van der Waals surface area contributed by atoms with E-state index in [1.165, 1.54) is 67.8 Å². The maximum atomic E-state index is 5.74. The quantitative estimate of drug-likeness (QED) is 0.481. The number of methoxy groups -OCH3 is 1. The summed E-state index contributed by atoms with van der Waals surface area (Å²) in [4.78, 5) is 6.98. The molecule has 0 unspecified atom stereocenters. The number of benzene rings is 2. The van der Waals surface area contributed by atoms with Crippen molar-refractivity contribution in [1.29, 1.82) is 0 Å². The number of para-hydroxylation sites is 1. The first kappa shape index (κ1) is 20.9. The molecule has 1 aliphatic heterocycles. The molecule has 0 saturated carbocycles. The number of aromatic nitrogens is 1. The maximum Gasteiger partial charge on any atom is 0.180 e. The van der Waals surface area contributed by atoms with Crippen LogP contribution in [0.2, 0.25) is 0 Å². The summed E-state index contributed by atoms with van der Waals surface area (Å²) in [6.45, 7) is 3.58. The van der Waals surface area contributed by atoms with Gasteiger partial charge in [0.1, 0.15) is 5.75 Å². The van der Waals surface area contributed by atoms with Gasteiger partial charge in [-0.15, -0.1) is 11.3 Å². The van der Waals surface area contributed by atoms with Gasteiger partial charge in [-0.3, -0.25) is 0 Å². The number of hydrogen-bond donors (Lipinski definition) is 1. The lowest BCUT2D eigenvalue weighted by Crippen LogP contribution is -2.33. The fourth-order valence-corrected chi connectivity index (χ4v) is 4.97. The summed E-state index contributed by atoms with van der Waals surface area (Å²) in [5.41, 5.74) is 10.6. The molecule has 2 heterocycles. The Kier molecular flexibility index (Phi) is 7.03. The average Bonchev–Trinajstić information content (AvgIpc) is 3.24. The standard InChI is InChI=1S/C25H31N3OS/c1-29-24-8-3-2-7-22(24)20-13-16-28(17-14-20)15-5-4-6-19-9-11-21(12-10-19)23-18-30-25(26)27-23/h2-3,7-12,18,20H,4-6,13-17H2,1H3,(H2,26,27). The number of unbranched alkanes of at least 4 members (excludes halogenated alkanes) is 1. The highest BCUT2D eigenvalue weighted by Crippen LogP contribution is 2.34. The summed E-state index contributed by atoms with van der Waals surface area (Å²) >= 11 is 1.49. The molecule has 1 aromatic heterocycles. The summed E-state index contributed by atoms with van der Waals surface area (Å²) in [6, 6.07) is 17.3. The van der Waals surface area contributed by atoms with Crippen molar-refractivity contribution in [2.75, 3.05) is 32.5 Å². The van der Waals surface area contributed by atoms with Crippen molar-refractivity contribution < 1.29 is 4.74 Å². The SMILES string of the molecule is COc1ccccc1C1CCN(CCCCc2ccc(-c3csc(N)n3)cc2)CC1. The number of hydrogen-bond acceptors (Lipinski definition) is 5. The molecule has 2 aromatic carbocycles. The van der Waals surface area contributed by atoms with E-state index in [9.17, 15) is 0 Å². The fraction of sp³-hybridized carbons (Fsp3) is 0.400. The number of likely N-dealkylation sites (tertiary alicyclic amines) is 1. The predicted octanol–water partition coefficient (Wildman–Crippen LogP) is 5.60. The molecular weight excluding hydrogens is 390 g/mol. The molecule has 0 spiro atoms. The smallest absolute Gasteiger partial charge is 0.180 e. The molecule has 0 aliphatic carbocycles. The van der Waals surface area contributed by atoms with E-state index in [1.54, 1.807) is 7.11 Å². The Morgan fingerprint density at radius 2 is 1.83 bits per heavy atom. The topological polar surface area (TPSA) is 51.4 Å². The number of piperidine rings is 1. The third-order valence-corrected chi connectivity index (χ3v) is 6.80. The summed E-state index contributed by atoms with van der Waals surface area (Å²) in [7, 11) is 1.77. The van der Waals surface area contributed by atoms with Crippen molar-refractivity contribution in [1.82, 2.24) is 9.88 Å². The normalized spacial score (nSPS) is 15.4. The van der Waals surface area contributed by atoms with Crippen LogP contribution in [0.25, 0.3) is 11.3 Å². The Balaban J connectivity index is 1.18. The van der Waals surface area contributed by atoms with Crippen molar-refractivity contribution in [2.45, 2.75) is 38.0 Å². The number of aryl methyl sites for hydroxylation is 1. The van der Waals surface area contributed by atoms with Gasteiger partial charge in [0, 0.05) is 10.9 Å². The zero-order valence-corrected chi connectivity index (χ0v) is 18.5. The van der Waals surface area contributed by atoms with Crippen LogP contribution in [0.1, 0.15) is 42.7 Å². The van der Waals surface area contributed by atoms with Crippen LogP contribution in [0, 0.1) is 0 Å². The molecule has 0 amide bonds. The fourth-order valence-electron chi connectivity index (χ4n) is 4.40. The summed E-state index contributed by atoms with van der Waals surface area (Å²) in [5, 5.41) is 2.64. The number of thiazole rings is 1. The molecule has 0 radical (unpaired) electrons. The molecule has 158 valence electrons. The summed E-state index contributed by atoms with van der Waals surface area (Å²) in [5.74, 6) is 1.67. The lowest BCUT2D eigenvalue weighted by atomic mass is 9.88. The highest BCUT2D eigenvalue weighted by Gasteiger charge is 2.22. The third-order valence-electron chi connectivity index (χ3n) is 6.13. The van der Waals surface area contributed by atoms with Gasteiger partial charge in [0.25, 0.3) is 0 Å². The number of nitrogen functional groups attached to an aromatic ring is 1. The minimum absolute atomic E-state index is 0.626. The van der Waals surface area contributed by atoms with E-state index in [0.717, 1.165) is 23.4 Å². The minimum Gasteiger partial charge on any atom is -0.496 e. The van der Waals surface area contributed by atoms with Crippen LogP contribution in [0.3, 0.4) is 0 Å². The first-order valence-electron chi connectivity index (χ1n) is 10.9. The number of nitrogens with two attached hydrogens (primary N) is 1. The number of anilines is 1. The van der Waals surface area contributed by atoms with E-state index >= 15 is 0 Å². The third kappa shape index (κ3) is 5.21. The number of nitrogens with zero attached hydrogens (tertiary/aromatic N) is 2. The van der Waals surface area contributed by atoms with Gasteiger partial charge in [-0.05, 0) is 74.8 Å². The average molecular weight is 422 g/mol. The lowest BCUT2D eigenvalue weighted by Gasteiger charge is -2.32. The Morgan fingerprint density at radius 1 is 1.07 bits per heavy atom. The van der Waals surface area contributed by atoms with Crippen LogP contribution < -0.4 is 10.5 Å². The van der Waals surface area contributed by atoms with Crippen LogP contribution in [-0.2, 0) is 6.42 Å². The molecule has 1 fully saturated rings. The Bertz CT molecular complexity index is 930. The maximum absolute atomic E-state index is 5.74. The highest BCUT2D eigenvalue weighted by atomic mass is 32.1. The molecule has 0 atom stereocenters. The van der Waals surface area contributed by atoms with Crippen molar-refractivity contribution in [3.05, 3.63) is 65.0 Å². The molecule has 30 heavy (non-hydrogen) atoms. The van der Waals surface area contributed by atoms with Gasteiger partial charge in [0.05, 0.1) is 12.8 Å². The monoisotopic (exact) mass is 421 g/mol. The predicted molar refractivity (Wildman–Crippen MR) is 126 cm³/mol. The van der Waals surface area contributed by atoms with E-state index in [4.69, 9.17) is 10.5 Å². The second kappa shape index (κ2) is 10.1. The van der Waals surface area contributed by atoms with Crippen molar-refractivity contribution in [3.63, 3.8) is 0 Å². The molecule has 5 heteroatoms. The van der Waals surface area contributed by atoms with Gasteiger partial charge in [-0.2, -0.15) is 0 Å². The molecule has 0 bridgehead atoms. The van der Waals surface area contributed by atoms with Gasteiger partial charge in [-0.1, -0.05) is 42.5 Å². The first-order chi connectivity index (χ1) is 14.7. The second-order valence-corrected chi connectivity index (χ2v) is 8.97. The molecule has 4 nitrogen and oxygen atoms in total. The molecule has 3 aromatic rings. The van der Waals surface area contributed by atoms with Crippen molar-refractivity contribution in [3.8, 4) is 17.0 Å². The Hall–Kier alpha value is -2.37. The minimum atomic E-state index is 0.626. The summed E-state index contributed by atoms with van der Waals surface area (Å²) in [6.07, 6.45) is 6.07. The van der Waals surface area contributed by atoms with Gasteiger partial charge in [0.2, 0.25) is 0 Å². The van der Waals surface area contributed by atoms with Crippen LogP contribution in [0.4, 0.5) is 5.13 Å². The molecule has 1 saturated heterocycles. The zero-order valence-electron chi connectivity index (χ0n) is 17.7. The van der Waals surface area contributed by atoms with Crippen molar-refractivity contribution in [2.24, 2.45) is 0 Å². The van der Waals surface area contributed by atoms with Gasteiger partial charge in [0.15, 0.2) is 5.13 Å². The Labute approximate surface area is 183 Å². The van der Waals surface area contributed by atoms with Gasteiger partial charge >= 0.3 is 0 Å². The van der Waals surface area contributed by atoms with E-state index in [2.05, 4.69) is 58.4 Å². The van der Waals surface area contributed by atoms with Gasteiger partial charge < -0.3 is 15.4 Å². The van der Waals surface area contributed by atoms with Crippen LogP contribution >= 0.6 is 11.3 Å². The summed E-state index contributed by atoms with van der Waals surface area (Å²) < 4.78 is 5.56. The molecule has 1 aliphatic rings. The molecular formula is C25H31N3OS. The highest BCUT2D eigenvalue weighted by molar-refractivity contribution is 7.13. The second-order valence-electron chi connectivity index (χ2n) is 8.08. The molecule has 4 rings (SSSR count). The lowest BCUT2D eigenvalue weighted by molar-refractivity contribution is 0.207. The van der Waals surface area contributed by atoms with Crippen LogP contribution in [0.5, 0.6) is 5.75 Å². The molecule has 2 N–H and O–H groups in total. The van der Waals surface area contributed by atoms with E-state index in [-0.39, 0.29) is 0 Å².